The van der Waals surface area contributed by atoms with Crippen LogP contribution in [0.25, 0.3) is 0 Å². The van der Waals surface area contributed by atoms with Crippen molar-refractivity contribution in [2.75, 3.05) is 13.1 Å². The smallest absolute Gasteiger partial charge is 0.224 e. The van der Waals surface area contributed by atoms with E-state index >= 15 is 0 Å². The Balaban J connectivity index is 1.51. The van der Waals surface area contributed by atoms with Crippen molar-refractivity contribution in [2.24, 2.45) is 11.7 Å². The van der Waals surface area contributed by atoms with Gasteiger partial charge < -0.3 is 15.7 Å². The van der Waals surface area contributed by atoms with Crippen molar-refractivity contribution in [3.05, 3.63) is 0 Å². The summed E-state index contributed by atoms with van der Waals surface area (Å²) < 4.78 is 0. The molecule has 0 radical (unpaired) electrons. The zero-order chi connectivity index (χ0) is 12.1. The van der Waals surface area contributed by atoms with E-state index in [4.69, 9.17) is 5.73 Å². The van der Waals surface area contributed by atoms with Gasteiger partial charge in [0.1, 0.15) is 5.60 Å². The number of amides is 1. The third-order valence-electron chi connectivity index (χ3n) is 4.72. The highest BCUT2D eigenvalue weighted by Gasteiger charge is 2.53. The standard InChI is InChI=1S/C13H22N2O2/c14-12(5-1-2-6-12)7-11(16)15-8-13(17,9-15)10-3-4-10/h10,17H,1-9,14H2. The lowest BCUT2D eigenvalue weighted by Crippen LogP contribution is -2.65. The van der Waals surface area contributed by atoms with Gasteiger partial charge in [-0.3, -0.25) is 4.79 Å². The van der Waals surface area contributed by atoms with Gasteiger partial charge in [-0.2, -0.15) is 0 Å². The molecule has 0 spiro atoms. The van der Waals surface area contributed by atoms with Gasteiger partial charge in [0.25, 0.3) is 0 Å². The predicted molar refractivity (Wildman–Crippen MR) is 64.3 cm³/mol. The number of likely N-dealkylation sites (tertiary alicyclic amines) is 1. The Hall–Kier alpha value is -0.610. The molecular formula is C13H22N2O2. The van der Waals surface area contributed by atoms with E-state index in [2.05, 4.69) is 0 Å². The third-order valence-corrected chi connectivity index (χ3v) is 4.72. The molecule has 4 heteroatoms. The maximum atomic E-state index is 12.1. The zero-order valence-electron chi connectivity index (χ0n) is 10.3. The van der Waals surface area contributed by atoms with E-state index in [0.29, 0.717) is 25.4 Å². The van der Waals surface area contributed by atoms with Crippen molar-refractivity contribution >= 4 is 5.91 Å². The Morgan fingerprint density at radius 3 is 2.41 bits per heavy atom. The van der Waals surface area contributed by atoms with Crippen molar-refractivity contribution in [3.8, 4) is 0 Å². The Morgan fingerprint density at radius 2 is 1.88 bits per heavy atom. The molecular weight excluding hydrogens is 216 g/mol. The van der Waals surface area contributed by atoms with E-state index in [1.807, 2.05) is 0 Å². The average molecular weight is 238 g/mol. The quantitative estimate of drug-likeness (QED) is 0.758. The first-order valence-electron chi connectivity index (χ1n) is 6.80. The van der Waals surface area contributed by atoms with Gasteiger partial charge in [0.15, 0.2) is 0 Å². The maximum Gasteiger partial charge on any atom is 0.224 e. The number of aliphatic hydroxyl groups is 1. The van der Waals surface area contributed by atoms with E-state index < -0.39 is 5.60 Å². The lowest BCUT2D eigenvalue weighted by molar-refractivity contribution is -0.160. The van der Waals surface area contributed by atoms with Crippen molar-refractivity contribution in [1.29, 1.82) is 0 Å². The minimum Gasteiger partial charge on any atom is -0.386 e. The number of carbonyl (C=O) groups excluding carboxylic acids is 1. The van der Waals surface area contributed by atoms with E-state index in [-0.39, 0.29) is 11.4 Å². The molecule has 3 aliphatic rings. The topological polar surface area (TPSA) is 66.6 Å². The number of nitrogens with zero attached hydrogens (tertiary/aromatic N) is 1. The van der Waals surface area contributed by atoms with E-state index in [0.717, 1.165) is 38.5 Å². The molecule has 1 saturated heterocycles. The van der Waals surface area contributed by atoms with Crippen LogP contribution >= 0.6 is 0 Å². The van der Waals surface area contributed by atoms with Crippen LogP contribution in [0.15, 0.2) is 0 Å². The van der Waals surface area contributed by atoms with Gasteiger partial charge in [0.2, 0.25) is 5.91 Å². The summed E-state index contributed by atoms with van der Waals surface area (Å²) in [6, 6.07) is 0. The Kier molecular flexibility index (Phi) is 2.49. The second-order valence-corrected chi connectivity index (χ2v) is 6.37. The summed E-state index contributed by atoms with van der Waals surface area (Å²) in [5.41, 5.74) is 5.38. The van der Waals surface area contributed by atoms with Crippen molar-refractivity contribution in [1.82, 2.24) is 4.90 Å². The molecule has 2 aliphatic carbocycles. The summed E-state index contributed by atoms with van der Waals surface area (Å²) in [5, 5.41) is 10.2. The van der Waals surface area contributed by atoms with Gasteiger partial charge in [0, 0.05) is 12.0 Å². The minimum absolute atomic E-state index is 0.139. The molecule has 17 heavy (non-hydrogen) atoms. The second-order valence-electron chi connectivity index (χ2n) is 6.37. The highest BCUT2D eigenvalue weighted by atomic mass is 16.3. The van der Waals surface area contributed by atoms with Gasteiger partial charge in [-0.05, 0) is 31.6 Å². The molecule has 0 unspecified atom stereocenters. The number of rotatable bonds is 3. The molecule has 96 valence electrons. The summed E-state index contributed by atoms with van der Waals surface area (Å²) in [6.45, 7) is 1.07. The molecule has 1 amide bonds. The average Bonchev–Trinajstić information content (AvgIpc) is 2.98. The molecule has 0 aromatic rings. The van der Waals surface area contributed by atoms with Crippen LogP contribution < -0.4 is 5.73 Å². The van der Waals surface area contributed by atoms with Crippen molar-refractivity contribution in [3.63, 3.8) is 0 Å². The Labute approximate surface area is 102 Å². The molecule has 1 aliphatic heterocycles. The first kappa shape index (κ1) is 11.5. The lowest BCUT2D eigenvalue weighted by Gasteiger charge is -2.47. The summed E-state index contributed by atoms with van der Waals surface area (Å²) in [5.74, 6) is 0.588. The zero-order valence-corrected chi connectivity index (χ0v) is 10.3. The lowest BCUT2D eigenvalue weighted by atomic mass is 9.86. The molecule has 3 fully saturated rings. The Bertz CT molecular complexity index is 326. The molecule has 0 bridgehead atoms. The molecule has 4 nitrogen and oxygen atoms in total. The molecule has 3 N–H and O–H groups in total. The van der Waals surface area contributed by atoms with Crippen LogP contribution in [0.3, 0.4) is 0 Å². The first-order chi connectivity index (χ1) is 8.01. The number of carbonyl (C=O) groups is 1. The van der Waals surface area contributed by atoms with E-state index in [9.17, 15) is 9.90 Å². The summed E-state index contributed by atoms with van der Waals surface area (Å²) in [7, 11) is 0. The van der Waals surface area contributed by atoms with Crippen LogP contribution in [0.1, 0.15) is 44.9 Å². The van der Waals surface area contributed by atoms with Crippen LogP contribution in [0.2, 0.25) is 0 Å². The fourth-order valence-electron chi connectivity index (χ4n) is 3.34. The number of β-amino-alcohol motifs (C(OH)–C–C–N with tert-alkyl or cyclic N) is 1. The van der Waals surface area contributed by atoms with Crippen LogP contribution in [0.4, 0.5) is 0 Å². The van der Waals surface area contributed by atoms with E-state index in [1.54, 1.807) is 4.90 Å². The van der Waals surface area contributed by atoms with Gasteiger partial charge in [0.05, 0.1) is 13.1 Å². The molecule has 0 atom stereocenters. The van der Waals surface area contributed by atoms with Gasteiger partial charge in [-0.15, -0.1) is 0 Å². The monoisotopic (exact) mass is 238 g/mol. The fourth-order valence-corrected chi connectivity index (χ4v) is 3.34. The molecule has 0 aromatic heterocycles. The van der Waals surface area contributed by atoms with Crippen LogP contribution in [0, 0.1) is 5.92 Å². The molecule has 0 aromatic carbocycles. The molecule has 3 rings (SSSR count). The fraction of sp³-hybridized carbons (Fsp3) is 0.923. The third kappa shape index (κ3) is 2.08. The molecule has 2 saturated carbocycles. The minimum atomic E-state index is -0.562. The van der Waals surface area contributed by atoms with E-state index in [1.165, 1.54) is 0 Å². The highest BCUT2D eigenvalue weighted by Crippen LogP contribution is 2.45. The maximum absolute atomic E-state index is 12.1. The summed E-state index contributed by atoms with van der Waals surface area (Å²) >= 11 is 0. The first-order valence-corrected chi connectivity index (χ1v) is 6.80. The van der Waals surface area contributed by atoms with Gasteiger partial charge in [-0.1, -0.05) is 12.8 Å². The highest BCUT2D eigenvalue weighted by molar-refractivity contribution is 5.78. The molecule has 1 heterocycles. The Morgan fingerprint density at radius 1 is 1.29 bits per heavy atom. The largest absolute Gasteiger partial charge is 0.386 e. The van der Waals surface area contributed by atoms with Gasteiger partial charge in [-0.25, -0.2) is 0 Å². The summed E-state index contributed by atoms with van der Waals surface area (Å²) in [6.07, 6.45) is 6.96. The van der Waals surface area contributed by atoms with Crippen LogP contribution in [0.5, 0.6) is 0 Å². The number of nitrogens with two attached hydrogens (primary N) is 1. The van der Waals surface area contributed by atoms with Crippen molar-refractivity contribution < 1.29 is 9.90 Å². The van der Waals surface area contributed by atoms with Crippen molar-refractivity contribution in [2.45, 2.75) is 56.1 Å². The van der Waals surface area contributed by atoms with Crippen LogP contribution in [-0.4, -0.2) is 40.1 Å². The predicted octanol–water partition coefficient (Wildman–Crippen LogP) is 0.631. The second kappa shape index (κ2) is 3.69. The summed E-state index contributed by atoms with van der Waals surface area (Å²) in [4.78, 5) is 13.8. The number of hydrogen-bond acceptors (Lipinski definition) is 3. The number of hydrogen-bond donors (Lipinski definition) is 2. The van der Waals surface area contributed by atoms with Gasteiger partial charge >= 0.3 is 0 Å². The SMILES string of the molecule is NC1(CC(=O)N2CC(O)(C3CC3)C2)CCCC1. The van der Waals surface area contributed by atoms with Crippen LogP contribution in [-0.2, 0) is 4.79 Å². The normalized spacial score (nSPS) is 30.1.